The van der Waals surface area contributed by atoms with Crippen LogP contribution in [-0.4, -0.2) is 77.4 Å². The van der Waals surface area contributed by atoms with Crippen LogP contribution >= 0.6 is 0 Å². The summed E-state index contributed by atoms with van der Waals surface area (Å²) in [7, 11) is -2.88. The maximum Gasteiger partial charge on any atom is 0.326 e. The molecular formula is C22H30N4O4S. The van der Waals surface area contributed by atoms with Crippen LogP contribution in [-0.2, 0) is 14.6 Å². The van der Waals surface area contributed by atoms with Gasteiger partial charge < -0.3 is 9.88 Å². The highest BCUT2D eigenvalue weighted by Crippen LogP contribution is 2.29. The lowest BCUT2D eigenvalue weighted by Gasteiger charge is -2.39. The van der Waals surface area contributed by atoms with Crippen LogP contribution in [0.4, 0.5) is 0 Å². The number of carbonyl (C=O) groups is 1. The van der Waals surface area contributed by atoms with Gasteiger partial charge in [-0.1, -0.05) is 12.1 Å². The number of para-hydroxylation sites is 2. The molecule has 4 heterocycles. The van der Waals surface area contributed by atoms with Crippen LogP contribution in [0.25, 0.3) is 11.0 Å². The maximum atomic E-state index is 13.1. The predicted octanol–water partition coefficient (Wildman–Crippen LogP) is 1.39. The lowest BCUT2D eigenvalue weighted by atomic mass is 9.93. The van der Waals surface area contributed by atoms with E-state index in [2.05, 4.69) is 9.88 Å². The van der Waals surface area contributed by atoms with Gasteiger partial charge in [-0.15, -0.1) is 0 Å². The van der Waals surface area contributed by atoms with Crippen molar-refractivity contribution in [3.63, 3.8) is 0 Å². The smallest absolute Gasteiger partial charge is 0.326 e. The van der Waals surface area contributed by atoms with Crippen LogP contribution in [0.1, 0.15) is 38.1 Å². The van der Waals surface area contributed by atoms with Crippen LogP contribution in [0.5, 0.6) is 0 Å². The molecule has 5 rings (SSSR count). The topological polar surface area (TPSA) is 95.5 Å². The summed E-state index contributed by atoms with van der Waals surface area (Å²) < 4.78 is 25.4. The minimum absolute atomic E-state index is 0.0293. The van der Waals surface area contributed by atoms with E-state index in [1.54, 1.807) is 0 Å². The second kappa shape index (κ2) is 8.09. The van der Waals surface area contributed by atoms with Crippen LogP contribution in [0, 0.1) is 5.92 Å². The fraction of sp³-hybridized carbons (Fsp3) is 0.636. The Morgan fingerprint density at radius 3 is 2.32 bits per heavy atom. The summed E-state index contributed by atoms with van der Waals surface area (Å²) in [5.74, 6) is 0.821. The third kappa shape index (κ3) is 4.05. The maximum absolute atomic E-state index is 13.1. The molecule has 0 saturated carbocycles. The summed E-state index contributed by atoms with van der Waals surface area (Å²) in [6.45, 7) is 2.96. The number of sulfone groups is 1. The highest BCUT2D eigenvalue weighted by molar-refractivity contribution is 7.91. The number of fused-ring (bicyclic) bond motifs is 1. The second-order valence-electron chi connectivity index (χ2n) is 9.24. The largest absolute Gasteiger partial charge is 0.342 e. The number of benzene rings is 1. The standard InChI is InChI=1S/C22H30N4O4S/c27-21(16-5-10-24(11-6-16)18-9-14-31(29,30)15-18)25-12-7-17(8-13-25)26-20-4-2-1-3-19(20)23-22(26)28/h1-4,16-18H,5-15H2,(H,23,28). The minimum Gasteiger partial charge on any atom is -0.342 e. The van der Waals surface area contributed by atoms with Crippen LogP contribution in [0.15, 0.2) is 29.1 Å². The summed E-state index contributed by atoms with van der Waals surface area (Å²) in [4.78, 5) is 32.7. The molecule has 9 heteroatoms. The Hall–Kier alpha value is -2.13. The zero-order chi connectivity index (χ0) is 21.6. The molecule has 3 saturated heterocycles. The zero-order valence-electron chi connectivity index (χ0n) is 17.7. The van der Waals surface area contributed by atoms with Gasteiger partial charge in [0.25, 0.3) is 0 Å². The van der Waals surface area contributed by atoms with Crippen LogP contribution in [0.3, 0.4) is 0 Å². The molecule has 0 bridgehead atoms. The first-order valence-corrected chi connectivity index (χ1v) is 13.2. The van der Waals surface area contributed by atoms with E-state index in [1.807, 2.05) is 33.7 Å². The molecule has 0 aliphatic carbocycles. The van der Waals surface area contributed by atoms with Crippen molar-refractivity contribution in [2.75, 3.05) is 37.7 Å². The molecule has 1 unspecified atom stereocenters. The summed E-state index contributed by atoms with van der Waals surface area (Å²) in [5, 5.41) is 0. The SMILES string of the molecule is O=C(C1CCN(C2CCS(=O)(=O)C2)CC1)N1CCC(n2c(=O)[nH]c3ccccc32)CC1. The predicted molar refractivity (Wildman–Crippen MR) is 119 cm³/mol. The molecular weight excluding hydrogens is 416 g/mol. The number of imidazole rings is 1. The van der Waals surface area contributed by atoms with Crippen molar-refractivity contribution in [1.82, 2.24) is 19.4 Å². The van der Waals surface area contributed by atoms with Gasteiger partial charge in [0, 0.05) is 31.1 Å². The number of likely N-dealkylation sites (tertiary alicyclic amines) is 2. The zero-order valence-corrected chi connectivity index (χ0v) is 18.5. The molecule has 3 aliphatic rings. The van der Waals surface area contributed by atoms with Gasteiger partial charge >= 0.3 is 5.69 Å². The monoisotopic (exact) mass is 446 g/mol. The van der Waals surface area contributed by atoms with E-state index in [0.717, 1.165) is 56.2 Å². The highest BCUT2D eigenvalue weighted by Gasteiger charge is 2.37. The Morgan fingerprint density at radius 2 is 1.65 bits per heavy atom. The van der Waals surface area contributed by atoms with Gasteiger partial charge in [-0.2, -0.15) is 0 Å². The number of piperidine rings is 2. The number of H-pyrrole nitrogens is 1. The quantitative estimate of drug-likeness (QED) is 0.769. The van der Waals surface area contributed by atoms with Gasteiger partial charge in [0.2, 0.25) is 5.91 Å². The molecule has 1 atom stereocenters. The van der Waals surface area contributed by atoms with Crippen molar-refractivity contribution in [3.8, 4) is 0 Å². The Morgan fingerprint density at radius 1 is 0.935 bits per heavy atom. The number of hydrogen-bond donors (Lipinski definition) is 1. The molecule has 8 nitrogen and oxygen atoms in total. The highest BCUT2D eigenvalue weighted by atomic mass is 32.2. The Balaban J connectivity index is 1.16. The normalized spacial score (nSPS) is 25.9. The first-order chi connectivity index (χ1) is 14.9. The average Bonchev–Trinajstić information content (AvgIpc) is 3.31. The van der Waals surface area contributed by atoms with E-state index < -0.39 is 9.84 Å². The number of amides is 1. The first kappa shape index (κ1) is 20.8. The van der Waals surface area contributed by atoms with Gasteiger partial charge in [-0.05, 0) is 57.3 Å². The van der Waals surface area contributed by atoms with E-state index in [9.17, 15) is 18.0 Å². The van der Waals surface area contributed by atoms with Gasteiger partial charge in [-0.3, -0.25) is 14.3 Å². The molecule has 0 spiro atoms. The van der Waals surface area contributed by atoms with Gasteiger partial charge in [-0.25, -0.2) is 13.2 Å². The molecule has 0 radical (unpaired) electrons. The lowest BCUT2D eigenvalue weighted by Crippen LogP contribution is -2.48. The molecule has 2 aromatic rings. The number of carbonyl (C=O) groups excluding carboxylic acids is 1. The van der Waals surface area contributed by atoms with Crippen LogP contribution < -0.4 is 5.69 Å². The number of hydrogen-bond acceptors (Lipinski definition) is 5. The van der Waals surface area contributed by atoms with Crippen molar-refractivity contribution in [2.45, 2.75) is 44.2 Å². The summed E-state index contributed by atoms with van der Waals surface area (Å²) >= 11 is 0. The van der Waals surface area contributed by atoms with Crippen molar-refractivity contribution < 1.29 is 13.2 Å². The van der Waals surface area contributed by atoms with E-state index >= 15 is 0 Å². The van der Waals surface area contributed by atoms with E-state index in [-0.39, 0.29) is 35.4 Å². The summed E-state index contributed by atoms with van der Waals surface area (Å²) in [6, 6.07) is 7.98. The lowest BCUT2D eigenvalue weighted by molar-refractivity contribution is -0.138. The number of nitrogens with zero attached hydrogens (tertiary/aromatic N) is 3. The van der Waals surface area contributed by atoms with Crippen molar-refractivity contribution in [3.05, 3.63) is 34.7 Å². The molecule has 1 aromatic heterocycles. The number of nitrogens with one attached hydrogen (secondary N) is 1. The first-order valence-electron chi connectivity index (χ1n) is 11.3. The molecule has 1 N–H and O–H groups in total. The Labute approximate surface area is 182 Å². The fourth-order valence-electron chi connectivity index (χ4n) is 5.61. The summed E-state index contributed by atoms with van der Waals surface area (Å²) in [5.41, 5.74) is 1.71. The number of aromatic amines is 1. The number of aromatic nitrogens is 2. The van der Waals surface area contributed by atoms with E-state index in [0.29, 0.717) is 18.8 Å². The third-order valence-electron chi connectivity index (χ3n) is 7.37. The molecule has 168 valence electrons. The summed E-state index contributed by atoms with van der Waals surface area (Å²) in [6.07, 6.45) is 3.90. The van der Waals surface area contributed by atoms with E-state index in [4.69, 9.17) is 0 Å². The fourth-order valence-corrected chi connectivity index (χ4v) is 7.38. The second-order valence-corrected chi connectivity index (χ2v) is 11.5. The Bertz CT molecular complexity index is 1120. The van der Waals surface area contributed by atoms with Gasteiger partial charge in [0.05, 0.1) is 22.5 Å². The van der Waals surface area contributed by atoms with Crippen molar-refractivity contribution in [1.29, 1.82) is 0 Å². The van der Waals surface area contributed by atoms with E-state index in [1.165, 1.54) is 0 Å². The van der Waals surface area contributed by atoms with Gasteiger partial charge in [0.15, 0.2) is 9.84 Å². The van der Waals surface area contributed by atoms with Crippen LogP contribution in [0.2, 0.25) is 0 Å². The van der Waals surface area contributed by atoms with Crippen molar-refractivity contribution in [2.24, 2.45) is 5.92 Å². The molecule has 31 heavy (non-hydrogen) atoms. The molecule has 1 aromatic carbocycles. The van der Waals surface area contributed by atoms with Crippen molar-refractivity contribution >= 4 is 26.8 Å². The third-order valence-corrected chi connectivity index (χ3v) is 9.12. The minimum atomic E-state index is -2.88. The molecule has 3 fully saturated rings. The Kier molecular flexibility index (Phi) is 5.42. The average molecular weight is 447 g/mol. The molecule has 3 aliphatic heterocycles. The number of rotatable bonds is 3. The molecule has 1 amide bonds. The van der Waals surface area contributed by atoms with Gasteiger partial charge in [0.1, 0.15) is 0 Å².